The fourth-order valence-electron chi connectivity index (χ4n) is 1.30. The maximum atomic E-state index is 10.8. The van der Waals surface area contributed by atoms with Crippen LogP contribution in [0.15, 0.2) is 0 Å². The molecule has 0 heterocycles. The second-order valence-corrected chi connectivity index (χ2v) is 6.19. The third-order valence-corrected chi connectivity index (χ3v) is 1.96. The molecule has 0 aromatic heterocycles. The van der Waals surface area contributed by atoms with Gasteiger partial charge in [0.2, 0.25) is 0 Å². The summed E-state index contributed by atoms with van der Waals surface area (Å²) >= 11 is 0. The van der Waals surface area contributed by atoms with E-state index in [1.165, 1.54) is 0 Å². The molecule has 12 heteroatoms. The molecule has 0 saturated carbocycles. The highest BCUT2D eigenvalue weighted by Crippen LogP contribution is 2.17. The summed E-state index contributed by atoms with van der Waals surface area (Å²) in [6, 6.07) is 0. The first-order valence-corrected chi connectivity index (χ1v) is 7.29. The number of carbonyl (C=O) groups is 4. The van der Waals surface area contributed by atoms with Crippen molar-refractivity contribution in [1.29, 1.82) is 0 Å². The van der Waals surface area contributed by atoms with Crippen LogP contribution in [0.5, 0.6) is 0 Å². The lowest BCUT2D eigenvalue weighted by atomic mass is 10.0. The molecular weight excluding hydrogens is 360 g/mol. The highest BCUT2D eigenvalue weighted by Gasteiger charge is 2.24. The fourth-order valence-corrected chi connectivity index (χ4v) is 1.30. The van der Waals surface area contributed by atoms with Crippen LogP contribution in [0.4, 0.5) is 19.2 Å². The first-order valence-electron chi connectivity index (χ1n) is 7.29. The number of rotatable bonds is 3. The van der Waals surface area contributed by atoms with E-state index in [0.29, 0.717) is 6.42 Å². The molecule has 0 aliphatic carbocycles. The van der Waals surface area contributed by atoms with Crippen molar-refractivity contribution in [2.45, 2.75) is 65.6 Å². The van der Waals surface area contributed by atoms with E-state index in [-0.39, 0.29) is 0 Å². The van der Waals surface area contributed by atoms with E-state index in [1.807, 2.05) is 6.92 Å². The van der Waals surface area contributed by atoms with Gasteiger partial charge in [-0.25, -0.2) is 19.4 Å². The second-order valence-electron chi connectivity index (χ2n) is 6.19. The molecule has 12 nitrogen and oxygen atoms in total. The van der Waals surface area contributed by atoms with E-state index in [2.05, 4.69) is 24.3 Å². The monoisotopic (exact) mass is 384 g/mol. The van der Waals surface area contributed by atoms with Gasteiger partial charge in [-0.2, -0.15) is 19.4 Å². The van der Waals surface area contributed by atoms with Gasteiger partial charge in [-0.3, -0.25) is 0 Å². The van der Waals surface area contributed by atoms with Crippen LogP contribution in [0, 0.1) is 0 Å². The Bertz CT molecular complexity index is 477. The zero-order valence-corrected chi connectivity index (χ0v) is 15.4. The molecule has 0 spiro atoms. The Morgan fingerprint density at radius 3 is 1.42 bits per heavy atom. The van der Waals surface area contributed by atoms with Crippen molar-refractivity contribution in [3.05, 3.63) is 0 Å². The van der Waals surface area contributed by atoms with E-state index in [0.717, 1.165) is 6.42 Å². The second kappa shape index (κ2) is 11.6. The van der Waals surface area contributed by atoms with Crippen LogP contribution in [0.25, 0.3) is 0 Å². The first kappa shape index (κ1) is 25.3. The van der Waals surface area contributed by atoms with Gasteiger partial charge in [0.15, 0.2) is 0 Å². The van der Waals surface area contributed by atoms with Crippen molar-refractivity contribution in [1.82, 2.24) is 0 Å². The summed E-state index contributed by atoms with van der Waals surface area (Å²) in [5, 5.41) is 15.9. The molecule has 26 heavy (non-hydrogen) atoms. The van der Waals surface area contributed by atoms with Crippen LogP contribution in [0.2, 0.25) is 0 Å². The Labute approximate surface area is 149 Å². The maximum absolute atomic E-state index is 10.8. The van der Waals surface area contributed by atoms with E-state index in [4.69, 9.17) is 14.9 Å². The Kier molecular flexibility index (Phi) is 11.3. The van der Waals surface area contributed by atoms with Crippen molar-refractivity contribution in [3.8, 4) is 0 Å². The van der Waals surface area contributed by atoms with Crippen LogP contribution < -0.4 is 0 Å². The predicted octanol–water partition coefficient (Wildman–Crippen LogP) is 3.88. The summed E-state index contributed by atoms with van der Waals surface area (Å²) in [4.78, 5) is 55.5. The third-order valence-electron chi connectivity index (χ3n) is 1.96. The highest BCUT2D eigenvalue weighted by atomic mass is 17.3. The van der Waals surface area contributed by atoms with E-state index in [1.54, 1.807) is 34.6 Å². The number of carbonyl (C=O) groups excluding carboxylic acids is 2. The van der Waals surface area contributed by atoms with E-state index >= 15 is 0 Å². The minimum absolute atomic E-state index is 0.648. The summed E-state index contributed by atoms with van der Waals surface area (Å²) in [7, 11) is 0. The molecule has 2 N–H and O–H groups in total. The molecule has 0 atom stereocenters. The SMILES string of the molecule is CC(C)(C)OC(=O)OOC(=O)O.CCCC(C)(C)OC(=O)OOC(=O)O. The van der Waals surface area contributed by atoms with Gasteiger partial charge in [0.1, 0.15) is 11.2 Å². The molecule has 0 aromatic carbocycles. The number of hydrogen-bond acceptors (Lipinski definition) is 10. The van der Waals surface area contributed by atoms with Gasteiger partial charge in [-0.05, 0) is 41.0 Å². The molecule has 0 saturated heterocycles. The summed E-state index contributed by atoms with van der Waals surface area (Å²) in [6.45, 7) is 10.1. The number of hydrogen-bond donors (Lipinski definition) is 2. The van der Waals surface area contributed by atoms with Crippen LogP contribution in [0.3, 0.4) is 0 Å². The van der Waals surface area contributed by atoms with Gasteiger partial charge in [0, 0.05) is 0 Å². The Morgan fingerprint density at radius 1 is 0.731 bits per heavy atom. The van der Waals surface area contributed by atoms with Gasteiger partial charge in [-0.1, -0.05) is 13.3 Å². The maximum Gasteiger partial charge on any atom is 0.550 e. The van der Waals surface area contributed by atoms with Crippen LogP contribution in [-0.4, -0.2) is 46.0 Å². The van der Waals surface area contributed by atoms with Gasteiger partial charge in [-0.15, -0.1) is 0 Å². The summed E-state index contributed by atoms with van der Waals surface area (Å²) in [5.41, 5.74) is -1.42. The lowest BCUT2D eigenvalue weighted by molar-refractivity contribution is -0.222. The molecule has 0 radical (unpaired) electrons. The molecule has 152 valence electrons. The van der Waals surface area contributed by atoms with Gasteiger partial charge < -0.3 is 19.7 Å². The standard InChI is InChI=1S/C8H14O6.C6H10O6/c1-4-5-8(2,3)12-7(11)14-13-6(9)10;1-6(2,3)10-5(9)12-11-4(7)8/h4-5H2,1-3H3,(H,9,10);1-3H3,(H,7,8). The number of carboxylic acid groups (broad SMARTS) is 2. The summed E-state index contributed by atoms with van der Waals surface area (Å²) in [6.07, 6.45) is -4.28. The molecule has 0 aromatic rings. The quantitative estimate of drug-likeness (QED) is 0.410. The summed E-state index contributed by atoms with van der Waals surface area (Å²) < 4.78 is 9.32. The molecule has 0 rings (SSSR count). The van der Waals surface area contributed by atoms with E-state index in [9.17, 15) is 19.2 Å². The largest absolute Gasteiger partial charge is 0.550 e. The van der Waals surface area contributed by atoms with Crippen LogP contribution in [0.1, 0.15) is 54.4 Å². The molecule has 0 bridgehead atoms. The van der Waals surface area contributed by atoms with Crippen molar-refractivity contribution < 1.29 is 58.4 Å². The Hall–Kier alpha value is -2.92. The Balaban J connectivity index is 0. The lowest BCUT2D eigenvalue weighted by Crippen LogP contribution is -2.28. The topological polar surface area (TPSA) is 164 Å². The van der Waals surface area contributed by atoms with Crippen molar-refractivity contribution in [2.24, 2.45) is 0 Å². The molecule has 0 aliphatic rings. The minimum Gasteiger partial charge on any atom is -0.447 e. The lowest BCUT2D eigenvalue weighted by Gasteiger charge is -2.22. The van der Waals surface area contributed by atoms with E-state index < -0.39 is 35.8 Å². The molecule has 0 fully saturated rings. The molecule has 0 amide bonds. The van der Waals surface area contributed by atoms with Crippen LogP contribution >= 0.6 is 0 Å². The zero-order chi connectivity index (χ0) is 21.0. The predicted molar refractivity (Wildman–Crippen MR) is 82.1 cm³/mol. The van der Waals surface area contributed by atoms with Crippen molar-refractivity contribution in [2.75, 3.05) is 0 Å². The third kappa shape index (κ3) is 19.1. The normalized spacial score (nSPS) is 10.4. The zero-order valence-electron chi connectivity index (χ0n) is 15.4. The molecule has 0 unspecified atom stereocenters. The fraction of sp³-hybridized carbons (Fsp3) is 0.714. The smallest absolute Gasteiger partial charge is 0.447 e. The number of ether oxygens (including phenoxy) is 2. The van der Waals surface area contributed by atoms with Crippen molar-refractivity contribution in [3.63, 3.8) is 0 Å². The highest BCUT2D eigenvalue weighted by molar-refractivity contribution is 5.63. The average Bonchev–Trinajstić information content (AvgIpc) is 2.41. The average molecular weight is 384 g/mol. The first-order chi connectivity index (χ1) is 11.7. The van der Waals surface area contributed by atoms with Gasteiger partial charge >= 0.3 is 24.6 Å². The van der Waals surface area contributed by atoms with Gasteiger partial charge in [0.05, 0.1) is 0 Å². The summed E-state index contributed by atoms with van der Waals surface area (Å²) in [5.74, 6) is 0. The molecular formula is C14H24O12. The van der Waals surface area contributed by atoms with Crippen molar-refractivity contribution >= 4 is 24.6 Å². The minimum atomic E-state index is -1.71. The Morgan fingerprint density at radius 2 is 1.12 bits per heavy atom. The molecule has 0 aliphatic heterocycles. The van der Waals surface area contributed by atoms with Crippen LogP contribution in [-0.2, 0) is 29.0 Å². The van der Waals surface area contributed by atoms with Gasteiger partial charge in [0.25, 0.3) is 0 Å².